The summed E-state index contributed by atoms with van der Waals surface area (Å²) in [5.74, 6) is -0.805. The molecule has 0 saturated carbocycles. The van der Waals surface area contributed by atoms with Gasteiger partial charge in [-0.1, -0.05) is 0 Å². The van der Waals surface area contributed by atoms with Crippen molar-refractivity contribution in [3.05, 3.63) is 21.4 Å². The maximum atomic E-state index is 12.4. The Hall–Kier alpha value is -1.36. The summed E-state index contributed by atoms with van der Waals surface area (Å²) >= 11 is 1.59. The predicted octanol–water partition coefficient (Wildman–Crippen LogP) is 2.17. The Bertz CT molecular complexity index is 529. The molecule has 1 atom stereocenters. The number of rotatable bonds is 2. The fourth-order valence-corrected chi connectivity index (χ4v) is 4.12. The molecule has 19 heavy (non-hydrogen) atoms. The Morgan fingerprint density at radius 2 is 2.21 bits per heavy atom. The zero-order valence-corrected chi connectivity index (χ0v) is 11.8. The van der Waals surface area contributed by atoms with Crippen molar-refractivity contribution in [2.24, 2.45) is 5.41 Å². The van der Waals surface area contributed by atoms with E-state index in [9.17, 15) is 14.7 Å². The highest BCUT2D eigenvalue weighted by atomic mass is 32.1. The highest BCUT2D eigenvalue weighted by Gasteiger charge is 2.42. The number of carboxylic acid groups (broad SMARTS) is 1. The molecule has 0 spiro atoms. The molecule has 1 aliphatic carbocycles. The monoisotopic (exact) mass is 279 g/mol. The molecule has 2 aliphatic rings. The van der Waals surface area contributed by atoms with E-state index in [0.29, 0.717) is 19.5 Å². The molecule has 1 N–H and O–H groups in total. The van der Waals surface area contributed by atoms with Gasteiger partial charge in [-0.15, -0.1) is 11.3 Å². The third kappa shape index (κ3) is 2.06. The van der Waals surface area contributed by atoms with E-state index in [4.69, 9.17) is 0 Å². The molecule has 1 fully saturated rings. The first kappa shape index (κ1) is 12.7. The molecule has 0 radical (unpaired) electrons. The van der Waals surface area contributed by atoms with Crippen molar-refractivity contribution in [3.63, 3.8) is 0 Å². The number of carbonyl (C=O) groups is 2. The quantitative estimate of drug-likeness (QED) is 0.902. The lowest BCUT2D eigenvalue weighted by Gasteiger charge is -2.19. The molecular weight excluding hydrogens is 262 g/mol. The van der Waals surface area contributed by atoms with Gasteiger partial charge in [0.1, 0.15) is 0 Å². The Balaban J connectivity index is 1.76. The summed E-state index contributed by atoms with van der Waals surface area (Å²) in [4.78, 5) is 27.4. The topological polar surface area (TPSA) is 57.6 Å². The Labute approximate surface area is 116 Å². The van der Waals surface area contributed by atoms with Crippen LogP contribution < -0.4 is 0 Å². The summed E-state index contributed by atoms with van der Waals surface area (Å²) in [6, 6.07) is 2.01. The Kier molecular flexibility index (Phi) is 2.89. The summed E-state index contributed by atoms with van der Waals surface area (Å²) in [7, 11) is 0. The number of aliphatic carboxylic acids is 1. The van der Waals surface area contributed by atoms with Crippen molar-refractivity contribution in [2.45, 2.75) is 32.6 Å². The van der Waals surface area contributed by atoms with Gasteiger partial charge >= 0.3 is 5.97 Å². The maximum Gasteiger partial charge on any atom is 0.311 e. The standard InChI is InChI=1S/C14H17NO3S/c1-14(13(17)18)5-6-15(8-14)12(16)11-7-9-3-2-4-10(9)19-11/h7H,2-6,8H2,1H3,(H,17,18). The summed E-state index contributed by atoms with van der Waals surface area (Å²) in [5.41, 5.74) is 0.531. The predicted molar refractivity (Wildman–Crippen MR) is 72.6 cm³/mol. The van der Waals surface area contributed by atoms with Crippen LogP contribution in [-0.4, -0.2) is 35.0 Å². The summed E-state index contributed by atoms with van der Waals surface area (Å²) in [6.07, 6.45) is 3.89. The SMILES string of the molecule is CC1(C(=O)O)CCN(C(=O)c2cc3c(s2)CCC3)C1. The van der Waals surface area contributed by atoms with Gasteiger partial charge in [-0.3, -0.25) is 9.59 Å². The molecular formula is C14H17NO3S. The molecule has 1 aromatic rings. The van der Waals surface area contributed by atoms with Crippen molar-refractivity contribution in [1.29, 1.82) is 0 Å². The third-order valence-corrected chi connectivity index (χ3v) is 5.46. The molecule has 1 amide bonds. The maximum absolute atomic E-state index is 12.4. The van der Waals surface area contributed by atoms with Gasteiger partial charge in [-0.25, -0.2) is 0 Å². The smallest absolute Gasteiger partial charge is 0.311 e. The van der Waals surface area contributed by atoms with Crippen LogP contribution in [0.3, 0.4) is 0 Å². The van der Waals surface area contributed by atoms with Crippen LogP contribution in [0.4, 0.5) is 0 Å². The van der Waals surface area contributed by atoms with Crippen LogP contribution in [0, 0.1) is 5.41 Å². The number of fused-ring (bicyclic) bond motifs is 1. The molecule has 2 heterocycles. The molecule has 1 aliphatic heterocycles. The fourth-order valence-electron chi connectivity index (χ4n) is 2.90. The largest absolute Gasteiger partial charge is 0.481 e. The van der Waals surface area contributed by atoms with Gasteiger partial charge in [-0.05, 0) is 44.2 Å². The average Bonchev–Trinajstić information content (AvgIpc) is 3.01. The average molecular weight is 279 g/mol. The van der Waals surface area contributed by atoms with Gasteiger partial charge in [-0.2, -0.15) is 0 Å². The third-order valence-electron chi connectivity index (χ3n) is 4.23. The number of aryl methyl sites for hydroxylation is 2. The normalized spacial score (nSPS) is 25.6. The Morgan fingerprint density at radius 3 is 2.84 bits per heavy atom. The van der Waals surface area contributed by atoms with E-state index in [1.807, 2.05) is 6.07 Å². The molecule has 3 rings (SSSR count). The minimum absolute atomic E-state index is 0.00405. The van der Waals surface area contributed by atoms with Gasteiger partial charge in [0, 0.05) is 18.0 Å². The van der Waals surface area contributed by atoms with Crippen molar-refractivity contribution in [1.82, 2.24) is 4.90 Å². The highest BCUT2D eigenvalue weighted by Crippen LogP contribution is 2.34. The van der Waals surface area contributed by atoms with E-state index < -0.39 is 11.4 Å². The van der Waals surface area contributed by atoms with E-state index >= 15 is 0 Å². The second kappa shape index (κ2) is 4.34. The first-order chi connectivity index (χ1) is 8.99. The van der Waals surface area contributed by atoms with Crippen LogP contribution in [0.1, 0.15) is 39.9 Å². The minimum atomic E-state index is -0.809. The second-order valence-corrected chi connectivity index (χ2v) is 6.89. The highest BCUT2D eigenvalue weighted by molar-refractivity contribution is 7.14. The zero-order chi connectivity index (χ0) is 13.6. The lowest BCUT2D eigenvalue weighted by atomic mass is 9.90. The van der Waals surface area contributed by atoms with Gasteiger partial charge in [0.25, 0.3) is 5.91 Å². The summed E-state index contributed by atoms with van der Waals surface area (Å²) in [5, 5.41) is 9.20. The molecule has 1 saturated heterocycles. The van der Waals surface area contributed by atoms with E-state index in [2.05, 4.69) is 0 Å². The van der Waals surface area contributed by atoms with Crippen LogP contribution in [0.15, 0.2) is 6.07 Å². The van der Waals surface area contributed by atoms with Gasteiger partial charge < -0.3 is 10.0 Å². The van der Waals surface area contributed by atoms with Crippen LogP contribution >= 0.6 is 11.3 Å². The molecule has 0 bridgehead atoms. The fraction of sp³-hybridized carbons (Fsp3) is 0.571. The van der Waals surface area contributed by atoms with Gasteiger partial charge in [0.2, 0.25) is 0 Å². The van der Waals surface area contributed by atoms with Crippen molar-refractivity contribution < 1.29 is 14.7 Å². The van der Waals surface area contributed by atoms with Crippen molar-refractivity contribution in [3.8, 4) is 0 Å². The molecule has 4 nitrogen and oxygen atoms in total. The van der Waals surface area contributed by atoms with E-state index in [0.717, 1.165) is 17.7 Å². The summed E-state index contributed by atoms with van der Waals surface area (Å²) < 4.78 is 0. The van der Waals surface area contributed by atoms with E-state index in [1.54, 1.807) is 23.2 Å². The number of thiophene rings is 1. The number of hydrogen-bond acceptors (Lipinski definition) is 3. The second-order valence-electron chi connectivity index (χ2n) is 5.76. The van der Waals surface area contributed by atoms with Crippen LogP contribution in [0.25, 0.3) is 0 Å². The number of hydrogen-bond donors (Lipinski definition) is 1. The van der Waals surface area contributed by atoms with Crippen LogP contribution in [0.2, 0.25) is 0 Å². The molecule has 0 aromatic carbocycles. The number of carboxylic acids is 1. The first-order valence-corrected chi connectivity index (χ1v) is 7.45. The van der Waals surface area contributed by atoms with Crippen LogP contribution in [-0.2, 0) is 17.6 Å². The Morgan fingerprint density at radius 1 is 1.42 bits per heavy atom. The lowest BCUT2D eigenvalue weighted by molar-refractivity contribution is -0.147. The summed E-state index contributed by atoms with van der Waals surface area (Å²) in [6.45, 7) is 2.59. The minimum Gasteiger partial charge on any atom is -0.481 e. The number of likely N-dealkylation sites (tertiary alicyclic amines) is 1. The number of carbonyl (C=O) groups excluding carboxylic acids is 1. The molecule has 102 valence electrons. The van der Waals surface area contributed by atoms with Crippen molar-refractivity contribution >= 4 is 23.2 Å². The number of nitrogens with zero attached hydrogens (tertiary/aromatic N) is 1. The zero-order valence-electron chi connectivity index (χ0n) is 10.9. The molecule has 5 heteroatoms. The van der Waals surface area contributed by atoms with Crippen molar-refractivity contribution in [2.75, 3.05) is 13.1 Å². The van der Waals surface area contributed by atoms with E-state index in [-0.39, 0.29) is 5.91 Å². The van der Waals surface area contributed by atoms with Crippen LogP contribution in [0.5, 0.6) is 0 Å². The molecule has 1 unspecified atom stereocenters. The lowest BCUT2D eigenvalue weighted by Crippen LogP contribution is -2.34. The first-order valence-electron chi connectivity index (χ1n) is 6.64. The van der Waals surface area contributed by atoms with Gasteiger partial charge in [0.15, 0.2) is 0 Å². The number of amides is 1. The molecule has 1 aromatic heterocycles. The van der Waals surface area contributed by atoms with Gasteiger partial charge in [0.05, 0.1) is 10.3 Å². The van der Waals surface area contributed by atoms with E-state index in [1.165, 1.54) is 16.9 Å².